The lowest BCUT2D eigenvalue weighted by Crippen LogP contribution is -2.33. The van der Waals surface area contributed by atoms with Crippen LogP contribution in [0.2, 0.25) is 0 Å². The van der Waals surface area contributed by atoms with Crippen LogP contribution < -0.4 is 0 Å². The van der Waals surface area contributed by atoms with Gasteiger partial charge in [-0.05, 0) is 30.7 Å². The standard InChI is InChI=1S/C21H21N3O2/c1-16-19(9-10-20(23-16)18-7-3-2-4-8-18)21(26)24(12-13-25)15-17-6-5-11-22-14-17/h2-11,14,25H,12-13,15H2,1H3. The number of carbonyl (C=O) groups excluding carboxylic acids is 1. The monoisotopic (exact) mass is 347 g/mol. The van der Waals surface area contributed by atoms with Crippen molar-refractivity contribution in [1.29, 1.82) is 0 Å². The maximum Gasteiger partial charge on any atom is 0.256 e. The molecule has 0 radical (unpaired) electrons. The van der Waals surface area contributed by atoms with Crippen LogP contribution in [-0.4, -0.2) is 39.0 Å². The van der Waals surface area contributed by atoms with E-state index in [1.807, 2.05) is 55.5 Å². The second-order valence-corrected chi connectivity index (χ2v) is 6.01. The topological polar surface area (TPSA) is 66.3 Å². The third-order valence-corrected chi connectivity index (χ3v) is 4.14. The molecule has 0 aliphatic carbocycles. The first-order valence-corrected chi connectivity index (χ1v) is 8.51. The van der Waals surface area contributed by atoms with Crippen molar-refractivity contribution in [2.75, 3.05) is 13.2 Å². The van der Waals surface area contributed by atoms with Crippen molar-refractivity contribution in [3.63, 3.8) is 0 Å². The lowest BCUT2D eigenvalue weighted by molar-refractivity contribution is 0.0706. The summed E-state index contributed by atoms with van der Waals surface area (Å²) >= 11 is 0. The van der Waals surface area contributed by atoms with Crippen LogP contribution in [0.25, 0.3) is 11.3 Å². The highest BCUT2D eigenvalue weighted by atomic mass is 16.3. The molecule has 1 N–H and O–H groups in total. The summed E-state index contributed by atoms with van der Waals surface area (Å²) in [5.41, 5.74) is 3.98. The van der Waals surface area contributed by atoms with Crippen molar-refractivity contribution in [2.45, 2.75) is 13.5 Å². The zero-order valence-corrected chi connectivity index (χ0v) is 14.7. The minimum Gasteiger partial charge on any atom is -0.395 e. The van der Waals surface area contributed by atoms with Gasteiger partial charge in [-0.15, -0.1) is 0 Å². The number of rotatable bonds is 6. The predicted molar refractivity (Wildman–Crippen MR) is 100 cm³/mol. The zero-order valence-electron chi connectivity index (χ0n) is 14.7. The van der Waals surface area contributed by atoms with Crippen LogP contribution in [-0.2, 0) is 6.54 Å². The molecule has 5 heteroatoms. The minimum absolute atomic E-state index is 0.0966. The number of hydrogen-bond donors (Lipinski definition) is 1. The van der Waals surface area contributed by atoms with Gasteiger partial charge in [0.1, 0.15) is 0 Å². The summed E-state index contributed by atoms with van der Waals surface area (Å²) in [5.74, 6) is -0.146. The van der Waals surface area contributed by atoms with E-state index >= 15 is 0 Å². The number of benzene rings is 1. The van der Waals surface area contributed by atoms with Gasteiger partial charge in [-0.25, -0.2) is 0 Å². The first-order valence-electron chi connectivity index (χ1n) is 8.51. The molecule has 3 rings (SSSR count). The smallest absolute Gasteiger partial charge is 0.256 e. The Balaban J connectivity index is 1.85. The molecule has 0 fully saturated rings. The van der Waals surface area contributed by atoms with Crippen molar-refractivity contribution >= 4 is 5.91 Å². The first kappa shape index (κ1) is 17.8. The molecule has 0 aliphatic rings. The van der Waals surface area contributed by atoms with E-state index in [0.29, 0.717) is 17.8 Å². The Labute approximate surface area is 153 Å². The fraction of sp³-hybridized carbons (Fsp3) is 0.190. The van der Waals surface area contributed by atoms with Crippen molar-refractivity contribution < 1.29 is 9.90 Å². The normalized spacial score (nSPS) is 10.5. The van der Waals surface area contributed by atoms with Crippen LogP contribution in [0.4, 0.5) is 0 Å². The van der Waals surface area contributed by atoms with Gasteiger partial charge in [-0.2, -0.15) is 0 Å². The molecule has 0 atom stereocenters. The fourth-order valence-electron chi connectivity index (χ4n) is 2.81. The van der Waals surface area contributed by atoms with Gasteiger partial charge in [-0.1, -0.05) is 36.4 Å². The number of nitrogens with zero attached hydrogens (tertiary/aromatic N) is 3. The number of aliphatic hydroxyl groups is 1. The van der Waals surface area contributed by atoms with Gasteiger partial charge < -0.3 is 10.0 Å². The molecule has 0 bridgehead atoms. The maximum absolute atomic E-state index is 13.0. The number of aliphatic hydroxyl groups excluding tert-OH is 1. The zero-order chi connectivity index (χ0) is 18.4. The summed E-state index contributed by atoms with van der Waals surface area (Å²) < 4.78 is 0. The molecule has 132 valence electrons. The van der Waals surface area contributed by atoms with Gasteiger partial charge in [0, 0.05) is 31.0 Å². The fourth-order valence-corrected chi connectivity index (χ4v) is 2.81. The van der Waals surface area contributed by atoms with Crippen LogP contribution in [0, 0.1) is 6.92 Å². The molecule has 2 heterocycles. The quantitative estimate of drug-likeness (QED) is 0.744. The molecule has 2 aromatic heterocycles. The second-order valence-electron chi connectivity index (χ2n) is 6.01. The van der Waals surface area contributed by atoms with Crippen LogP contribution >= 0.6 is 0 Å². The van der Waals surface area contributed by atoms with Gasteiger partial charge in [0.2, 0.25) is 0 Å². The Morgan fingerprint density at radius 3 is 2.54 bits per heavy atom. The molecule has 3 aromatic rings. The third-order valence-electron chi connectivity index (χ3n) is 4.14. The molecule has 0 unspecified atom stereocenters. The Morgan fingerprint density at radius 2 is 1.88 bits per heavy atom. The maximum atomic E-state index is 13.0. The van der Waals surface area contributed by atoms with E-state index < -0.39 is 0 Å². The van der Waals surface area contributed by atoms with Gasteiger partial charge in [0.05, 0.1) is 23.6 Å². The van der Waals surface area contributed by atoms with Crippen molar-refractivity contribution in [2.24, 2.45) is 0 Å². The van der Waals surface area contributed by atoms with E-state index in [1.54, 1.807) is 23.4 Å². The second kappa shape index (κ2) is 8.36. The van der Waals surface area contributed by atoms with Crippen LogP contribution in [0.15, 0.2) is 67.0 Å². The SMILES string of the molecule is Cc1nc(-c2ccccc2)ccc1C(=O)N(CCO)Cc1cccnc1. The van der Waals surface area contributed by atoms with Crippen molar-refractivity contribution in [1.82, 2.24) is 14.9 Å². The molecule has 0 saturated carbocycles. The molecule has 0 spiro atoms. The lowest BCUT2D eigenvalue weighted by atomic mass is 10.1. The van der Waals surface area contributed by atoms with Gasteiger partial charge in [0.15, 0.2) is 0 Å². The van der Waals surface area contributed by atoms with Gasteiger partial charge in [0.25, 0.3) is 5.91 Å². The van der Waals surface area contributed by atoms with E-state index in [2.05, 4.69) is 9.97 Å². The van der Waals surface area contributed by atoms with E-state index in [4.69, 9.17) is 0 Å². The number of hydrogen-bond acceptors (Lipinski definition) is 4. The largest absolute Gasteiger partial charge is 0.395 e. The Hall–Kier alpha value is -3.05. The molecule has 0 saturated heterocycles. The first-order chi connectivity index (χ1) is 12.7. The van der Waals surface area contributed by atoms with Crippen LogP contribution in [0.1, 0.15) is 21.6 Å². The Kier molecular flexibility index (Phi) is 5.71. The van der Waals surface area contributed by atoms with E-state index in [1.165, 1.54) is 0 Å². The van der Waals surface area contributed by atoms with Crippen molar-refractivity contribution in [3.8, 4) is 11.3 Å². The molecular formula is C21H21N3O2. The highest BCUT2D eigenvalue weighted by Gasteiger charge is 2.19. The van der Waals surface area contributed by atoms with E-state index in [-0.39, 0.29) is 19.1 Å². The lowest BCUT2D eigenvalue weighted by Gasteiger charge is -2.22. The summed E-state index contributed by atoms with van der Waals surface area (Å²) in [6.07, 6.45) is 3.42. The van der Waals surface area contributed by atoms with Crippen molar-refractivity contribution in [3.05, 3.63) is 83.8 Å². The minimum atomic E-state index is -0.146. The highest BCUT2D eigenvalue weighted by Crippen LogP contribution is 2.20. The average Bonchev–Trinajstić information content (AvgIpc) is 2.68. The molecule has 1 amide bonds. The van der Waals surface area contributed by atoms with Crippen LogP contribution in [0.3, 0.4) is 0 Å². The molecule has 0 aliphatic heterocycles. The molecular weight excluding hydrogens is 326 g/mol. The average molecular weight is 347 g/mol. The predicted octanol–water partition coefficient (Wildman–Crippen LogP) is 3.09. The number of amides is 1. The van der Waals surface area contributed by atoms with Gasteiger partial charge >= 0.3 is 0 Å². The number of pyridine rings is 2. The summed E-state index contributed by atoms with van der Waals surface area (Å²) in [6, 6.07) is 17.3. The van der Waals surface area contributed by atoms with E-state index in [9.17, 15) is 9.90 Å². The summed E-state index contributed by atoms with van der Waals surface area (Å²) in [5, 5.41) is 9.35. The van der Waals surface area contributed by atoms with Gasteiger partial charge in [-0.3, -0.25) is 14.8 Å². The van der Waals surface area contributed by atoms with E-state index in [0.717, 1.165) is 16.8 Å². The molecule has 5 nitrogen and oxygen atoms in total. The number of carbonyl (C=O) groups is 1. The summed E-state index contributed by atoms with van der Waals surface area (Å²) in [4.78, 5) is 23.2. The third kappa shape index (κ3) is 4.13. The van der Waals surface area contributed by atoms with Crippen LogP contribution in [0.5, 0.6) is 0 Å². The number of aryl methyl sites for hydroxylation is 1. The highest BCUT2D eigenvalue weighted by molar-refractivity contribution is 5.95. The number of aromatic nitrogens is 2. The molecule has 26 heavy (non-hydrogen) atoms. The Morgan fingerprint density at radius 1 is 1.08 bits per heavy atom. The summed E-state index contributed by atoms with van der Waals surface area (Å²) in [7, 11) is 0. The molecule has 1 aromatic carbocycles. The summed E-state index contributed by atoms with van der Waals surface area (Å²) in [6.45, 7) is 2.39. The Bertz CT molecular complexity index is 867.